The fourth-order valence-electron chi connectivity index (χ4n) is 4.39. The second-order valence-electron chi connectivity index (χ2n) is 5.62. The zero-order valence-corrected chi connectivity index (χ0v) is 8.37. The SMILES string of the molecule is [2H]C([2H])([2H])C([2H])(N)C12C[C@@H]3CC(C[C@@H](C3)C1)C2O. The van der Waals surface area contributed by atoms with Crippen molar-refractivity contribution < 1.29 is 10.6 Å². The van der Waals surface area contributed by atoms with E-state index in [4.69, 9.17) is 11.2 Å². The summed E-state index contributed by atoms with van der Waals surface area (Å²) in [7, 11) is 0. The molecule has 0 aromatic heterocycles. The van der Waals surface area contributed by atoms with Gasteiger partial charge in [0, 0.05) is 16.9 Å². The van der Waals surface area contributed by atoms with Crippen molar-refractivity contribution in [2.45, 2.75) is 51.1 Å². The van der Waals surface area contributed by atoms with Gasteiger partial charge in [-0.3, -0.25) is 0 Å². The van der Waals surface area contributed by atoms with E-state index in [2.05, 4.69) is 0 Å². The molecule has 2 nitrogen and oxygen atoms in total. The molecule has 2 heteroatoms. The van der Waals surface area contributed by atoms with E-state index in [-0.39, 0.29) is 5.92 Å². The normalized spacial score (nSPS) is 65.0. The van der Waals surface area contributed by atoms with Crippen LogP contribution < -0.4 is 5.73 Å². The predicted molar refractivity (Wildman–Crippen MR) is 55.6 cm³/mol. The lowest BCUT2D eigenvalue weighted by atomic mass is 9.46. The fraction of sp³-hybridized carbons (Fsp3) is 1.00. The summed E-state index contributed by atoms with van der Waals surface area (Å²) < 4.78 is 30.9. The number of rotatable bonds is 1. The van der Waals surface area contributed by atoms with Gasteiger partial charge in [0.05, 0.1) is 6.10 Å². The van der Waals surface area contributed by atoms with Crippen LogP contribution in [0.15, 0.2) is 0 Å². The Hall–Kier alpha value is -0.0800. The highest BCUT2D eigenvalue weighted by Gasteiger charge is 2.57. The first kappa shape index (κ1) is 5.86. The average molecular weight is 199 g/mol. The molecule has 4 bridgehead atoms. The van der Waals surface area contributed by atoms with E-state index < -0.39 is 24.4 Å². The molecule has 0 amide bonds. The van der Waals surface area contributed by atoms with Gasteiger partial charge in [-0.2, -0.15) is 0 Å². The van der Waals surface area contributed by atoms with Gasteiger partial charge in [-0.05, 0) is 56.7 Å². The summed E-state index contributed by atoms with van der Waals surface area (Å²) >= 11 is 0. The minimum Gasteiger partial charge on any atom is -0.392 e. The van der Waals surface area contributed by atoms with Gasteiger partial charge in [0.2, 0.25) is 0 Å². The number of hydrogen-bond acceptors (Lipinski definition) is 2. The van der Waals surface area contributed by atoms with Crippen LogP contribution in [-0.4, -0.2) is 17.2 Å². The van der Waals surface area contributed by atoms with E-state index in [0.29, 0.717) is 24.7 Å². The molecule has 0 heterocycles. The van der Waals surface area contributed by atoms with Gasteiger partial charge < -0.3 is 10.8 Å². The summed E-state index contributed by atoms with van der Waals surface area (Å²) in [6.07, 6.45) is 3.60. The first-order chi connectivity index (χ1) is 8.17. The van der Waals surface area contributed by atoms with Crippen molar-refractivity contribution in [3.05, 3.63) is 0 Å². The Morgan fingerprint density at radius 3 is 2.64 bits per heavy atom. The molecule has 3 N–H and O–H groups in total. The van der Waals surface area contributed by atoms with Crippen molar-refractivity contribution in [1.82, 2.24) is 0 Å². The van der Waals surface area contributed by atoms with Crippen LogP contribution in [-0.2, 0) is 0 Å². The third kappa shape index (κ3) is 0.989. The molecule has 0 aromatic carbocycles. The Kier molecular flexibility index (Phi) is 1.14. The van der Waals surface area contributed by atoms with E-state index >= 15 is 0 Å². The van der Waals surface area contributed by atoms with Crippen LogP contribution in [0.1, 0.15) is 44.4 Å². The second kappa shape index (κ2) is 2.73. The molecule has 0 aliphatic heterocycles. The van der Waals surface area contributed by atoms with Crippen molar-refractivity contribution in [2.75, 3.05) is 0 Å². The summed E-state index contributed by atoms with van der Waals surface area (Å²) in [6.45, 7) is -2.54. The van der Waals surface area contributed by atoms with Crippen molar-refractivity contribution >= 4 is 0 Å². The van der Waals surface area contributed by atoms with Crippen LogP contribution in [0.3, 0.4) is 0 Å². The number of aliphatic hydroxyl groups excluding tert-OH is 1. The van der Waals surface area contributed by atoms with Crippen LogP contribution >= 0.6 is 0 Å². The largest absolute Gasteiger partial charge is 0.392 e. The third-order valence-corrected chi connectivity index (χ3v) is 4.79. The van der Waals surface area contributed by atoms with Crippen LogP contribution in [0.2, 0.25) is 0 Å². The molecule has 4 rings (SSSR count). The minimum atomic E-state index is -2.54. The van der Waals surface area contributed by atoms with Crippen molar-refractivity contribution in [3.8, 4) is 0 Å². The number of aliphatic hydroxyl groups is 1. The van der Waals surface area contributed by atoms with Gasteiger partial charge in [-0.15, -0.1) is 0 Å². The van der Waals surface area contributed by atoms with Crippen LogP contribution in [0.4, 0.5) is 0 Å². The molecule has 6 atom stereocenters. The minimum absolute atomic E-state index is 0.159. The lowest BCUT2D eigenvalue weighted by Crippen LogP contribution is -2.61. The average Bonchev–Trinajstić information content (AvgIpc) is 2.22. The smallest absolute Gasteiger partial charge is 0.0639 e. The lowest BCUT2D eigenvalue weighted by molar-refractivity contribution is -0.163. The van der Waals surface area contributed by atoms with Gasteiger partial charge in [0.1, 0.15) is 0 Å². The van der Waals surface area contributed by atoms with E-state index in [0.717, 1.165) is 19.3 Å². The maximum absolute atomic E-state index is 10.5. The first-order valence-corrected chi connectivity index (χ1v) is 5.64. The molecule has 0 spiro atoms. The summed E-state index contributed by atoms with van der Waals surface area (Å²) in [5, 5.41) is 10.5. The molecule has 4 fully saturated rings. The molecule has 4 unspecified atom stereocenters. The molecule has 80 valence electrons. The topological polar surface area (TPSA) is 46.2 Å². The molecule has 4 aliphatic carbocycles. The summed E-state index contributed by atoms with van der Waals surface area (Å²) in [4.78, 5) is 0. The maximum Gasteiger partial charge on any atom is 0.0639 e. The molecule has 0 aromatic rings. The Labute approximate surface area is 91.5 Å². The van der Waals surface area contributed by atoms with Gasteiger partial charge in [0.25, 0.3) is 0 Å². The quantitative estimate of drug-likeness (QED) is 0.672. The zero-order valence-electron chi connectivity index (χ0n) is 12.4. The van der Waals surface area contributed by atoms with Gasteiger partial charge in [-0.25, -0.2) is 0 Å². The molecule has 0 radical (unpaired) electrons. The molecule has 4 aliphatic rings. The fourth-order valence-corrected chi connectivity index (χ4v) is 4.39. The van der Waals surface area contributed by atoms with Crippen molar-refractivity contribution in [1.29, 1.82) is 0 Å². The highest BCUT2D eigenvalue weighted by atomic mass is 16.3. The lowest BCUT2D eigenvalue weighted by Gasteiger charge is -2.61. The summed E-state index contributed by atoms with van der Waals surface area (Å²) in [5.74, 6) is 1.08. The number of nitrogens with two attached hydrogens (primary N) is 1. The van der Waals surface area contributed by atoms with E-state index in [1.165, 1.54) is 0 Å². The summed E-state index contributed by atoms with van der Waals surface area (Å²) in [5.41, 5.74) is 5.00. The monoisotopic (exact) mass is 199 g/mol. The summed E-state index contributed by atoms with van der Waals surface area (Å²) in [6, 6.07) is -2.03. The highest BCUT2D eigenvalue weighted by Crippen LogP contribution is 2.60. The van der Waals surface area contributed by atoms with Crippen molar-refractivity contribution in [2.24, 2.45) is 28.9 Å². The van der Waals surface area contributed by atoms with Gasteiger partial charge in [0.15, 0.2) is 0 Å². The second-order valence-corrected chi connectivity index (χ2v) is 5.62. The number of hydrogen-bond donors (Lipinski definition) is 2. The molecular weight excluding hydrogens is 174 g/mol. The van der Waals surface area contributed by atoms with E-state index in [9.17, 15) is 5.11 Å². The van der Waals surface area contributed by atoms with Crippen LogP contribution in [0.5, 0.6) is 0 Å². The van der Waals surface area contributed by atoms with Crippen molar-refractivity contribution in [3.63, 3.8) is 0 Å². The Balaban J connectivity index is 2.03. The van der Waals surface area contributed by atoms with Gasteiger partial charge >= 0.3 is 0 Å². The molecule has 4 saturated carbocycles. The molecule has 0 saturated heterocycles. The van der Waals surface area contributed by atoms with Gasteiger partial charge in [-0.1, -0.05) is 0 Å². The highest BCUT2D eigenvalue weighted by molar-refractivity contribution is 5.09. The Morgan fingerprint density at radius 1 is 1.43 bits per heavy atom. The maximum atomic E-state index is 10.5. The molecule has 14 heavy (non-hydrogen) atoms. The standard InChI is InChI=1S/C12H21NO/c1-7(13)12-5-8-2-9(6-12)4-10(3-8)11(12)14/h7-11,14H,2-6,13H2,1H3/t7?,8-,9+,10?,11?,12?/i1D3,7D. The van der Waals surface area contributed by atoms with E-state index in [1.807, 2.05) is 0 Å². The third-order valence-electron chi connectivity index (χ3n) is 4.79. The Morgan fingerprint density at radius 2 is 2.07 bits per heavy atom. The zero-order chi connectivity index (χ0) is 13.3. The Bertz CT molecular complexity index is 354. The molecular formula is C12H21NO. The van der Waals surface area contributed by atoms with Crippen LogP contribution in [0, 0.1) is 23.2 Å². The van der Waals surface area contributed by atoms with E-state index in [1.54, 1.807) is 0 Å². The predicted octanol–water partition coefficient (Wildman–Crippen LogP) is 1.52. The van der Waals surface area contributed by atoms with Crippen LogP contribution in [0.25, 0.3) is 0 Å². The first-order valence-electron chi connectivity index (χ1n) is 7.64.